The lowest BCUT2D eigenvalue weighted by molar-refractivity contribution is 0.280. The van der Waals surface area contributed by atoms with Crippen LogP contribution in [0.25, 0.3) is 0 Å². The molecule has 0 aromatic heterocycles. The van der Waals surface area contributed by atoms with E-state index in [0.717, 1.165) is 5.56 Å². The van der Waals surface area contributed by atoms with Gasteiger partial charge in [-0.1, -0.05) is 6.07 Å². The molecule has 0 fully saturated rings. The van der Waals surface area contributed by atoms with Gasteiger partial charge in [0, 0.05) is 0 Å². The summed E-state index contributed by atoms with van der Waals surface area (Å²) < 4.78 is 10.1. The summed E-state index contributed by atoms with van der Waals surface area (Å²) in [4.78, 5) is 0. The van der Waals surface area contributed by atoms with E-state index in [9.17, 15) is 0 Å². The van der Waals surface area contributed by atoms with Gasteiger partial charge in [-0.05, 0) is 17.7 Å². The predicted octanol–water partition coefficient (Wildman–Crippen LogP) is 1.20. The molecule has 1 aromatic carbocycles. The van der Waals surface area contributed by atoms with E-state index in [1.807, 2.05) is 0 Å². The maximum absolute atomic E-state index is 8.82. The number of aliphatic hydroxyl groups excluding tert-OH is 1. The van der Waals surface area contributed by atoms with Gasteiger partial charge in [-0.3, -0.25) is 0 Å². The highest BCUT2D eigenvalue weighted by Crippen LogP contribution is 2.27. The highest BCUT2D eigenvalue weighted by Gasteiger charge is 2.02. The Balaban J connectivity index is 3.02. The highest BCUT2D eigenvalue weighted by molar-refractivity contribution is 5.42. The van der Waals surface area contributed by atoms with Crippen molar-refractivity contribution < 1.29 is 14.6 Å². The Hall–Kier alpha value is -1.22. The second-order valence-electron chi connectivity index (χ2n) is 2.35. The van der Waals surface area contributed by atoms with E-state index >= 15 is 0 Å². The molecule has 1 N–H and O–H groups in total. The molecule has 0 aliphatic carbocycles. The zero-order valence-corrected chi connectivity index (χ0v) is 7.20. The third-order valence-electron chi connectivity index (χ3n) is 1.63. The van der Waals surface area contributed by atoms with Gasteiger partial charge in [0.25, 0.3) is 0 Å². The monoisotopic (exact) mass is 175 g/mol. The quantitative estimate of drug-likeness (QED) is 0.701. The molecule has 3 nitrogen and oxygen atoms in total. The van der Waals surface area contributed by atoms with Crippen LogP contribution in [0.15, 0.2) is 18.2 Å². The SMILES string of the molecule is CO[13c]1[13cH][13cH][13c]([13CH2]O)[13cH][13c]1OC. The molecule has 1 aromatic rings. The molecular weight excluding hydrogens is 163 g/mol. The Bertz CT molecular complexity index is 258. The zero-order chi connectivity index (χ0) is 8.97. The second-order valence-corrected chi connectivity index (χ2v) is 2.35. The largest absolute Gasteiger partial charge is 0.493 e. The summed E-state index contributed by atoms with van der Waals surface area (Å²) in [6, 6.07) is 5.31. The third kappa shape index (κ3) is 1.68. The van der Waals surface area contributed by atoms with Gasteiger partial charge < -0.3 is 14.6 Å². The Morgan fingerprint density at radius 3 is 2.33 bits per heavy atom. The summed E-state index contributed by atoms with van der Waals surface area (Å²) in [7, 11) is 3.15. The van der Waals surface area contributed by atoms with Gasteiger partial charge in [-0.15, -0.1) is 0 Å². The van der Waals surface area contributed by atoms with Crippen molar-refractivity contribution in [1.82, 2.24) is 0 Å². The normalized spacial score (nSPS) is 9.58. The number of rotatable bonds is 3. The van der Waals surface area contributed by atoms with Crippen LogP contribution in [0.5, 0.6) is 11.5 Å². The van der Waals surface area contributed by atoms with Crippen molar-refractivity contribution in [1.29, 1.82) is 0 Å². The maximum Gasteiger partial charge on any atom is 0.161 e. The van der Waals surface area contributed by atoms with E-state index in [2.05, 4.69) is 0 Å². The first-order valence-corrected chi connectivity index (χ1v) is 3.63. The summed E-state index contributed by atoms with van der Waals surface area (Å²) in [5, 5.41) is 8.82. The Morgan fingerprint density at radius 2 is 1.83 bits per heavy atom. The molecular formula is C9H12O3. The Labute approximate surface area is 71.5 Å². The molecule has 3 heteroatoms. The standard InChI is InChI=1S/C9H12O3/c1-11-8-4-3-7(6-10)5-9(8)12-2/h3-5,10H,6H2,1-2H3/i3+1,4+1,5+1,6+1,7+1,8+1,9+1. The fourth-order valence-corrected chi connectivity index (χ4v) is 0.979. The molecule has 0 aliphatic heterocycles. The van der Waals surface area contributed by atoms with Crippen LogP contribution in [-0.4, -0.2) is 19.3 Å². The number of methoxy groups -OCH3 is 2. The number of benzene rings is 1. The van der Waals surface area contributed by atoms with Gasteiger partial charge in [0.1, 0.15) is 0 Å². The topological polar surface area (TPSA) is 38.7 Å². The number of hydrogen-bond donors (Lipinski definition) is 1. The van der Waals surface area contributed by atoms with Crippen molar-refractivity contribution in [3.63, 3.8) is 0 Å². The van der Waals surface area contributed by atoms with E-state index in [4.69, 9.17) is 14.6 Å². The fraction of sp³-hybridized carbons (Fsp3) is 0.333. The molecule has 0 saturated heterocycles. The van der Waals surface area contributed by atoms with Crippen molar-refractivity contribution in [2.75, 3.05) is 14.2 Å². The highest BCUT2D eigenvalue weighted by atomic mass is 16.6. The van der Waals surface area contributed by atoms with E-state index < -0.39 is 0 Å². The van der Waals surface area contributed by atoms with E-state index in [0.29, 0.717) is 11.5 Å². The molecule has 0 radical (unpaired) electrons. The second kappa shape index (κ2) is 3.97. The van der Waals surface area contributed by atoms with Gasteiger partial charge in [-0.25, -0.2) is 0 Å². The Kier molecular flexibility index (Phi) is 2.94. The molecule has 66 valence electrons. The summed E-state index contributed by atoms with van der Waals surface area (Å²) >= 11 is 0. The summed E-state index contributed by atoms with van der Waals surface area (Å²) in [6.45, 7) is 0.0142. The van der Waals surface area contributed by atoms with E-state index in [1.165, 1.54) is 0 Å². The van der Waals surface area contributed by atoms with E-state index in [1.54, 1.807) is 32.4 Å². The van der Waals surface area contributed by atoms with Crippen LogP contribution >= 0.6 is 0 Å². The molecule has 0 saturated carbocycles. The number of hydrogen-bond acceptors (Lipinski definition) is 3. The van der Waals surface area contributed by atoms with Gasteiger partial charge in [0.15, 0.2) is 11.5 Å². The van der Waals surface area contributed by atoms with Crippen molar-refractivity contribution in [3.8, 4) is 11.5 Å². The molecule has 0 atom stereocenters. The first kappa shape index (κ1) is 8.87. The molecule has 0 aliphatic rings. The lowest BCUT2D eigenvalue weighted by atomic mass is 11.2. The molecule has 0 unspecified atom stereocenters. The molecule has 12 heavy (non-hydrogen) atoms. The third-order valence-corrected chi connectivity index (χ3v) is 1.63. The summed E-state index contributed by atoms with van der Waals surface area (Å²) in [6.07, 6.45) is 0. The number of ether oxygens (including phenoxy) is 2. The number of aliphatic hydroxyl groups is 1. The van der Waals surface area contributed by atoms with E-state index in [-0.39, 0.29) is 6.61 Å². The average molecular weight is 175 g/mol. The first-order chi connectivity index (χ1) is 5.81. The van der Waals surface area contributed by atoms with Gasteiger partial charge in [0.2, 0.25) is 0 Å². The fourth-order valence-electron chi connectivity index (χ4n) is 0.979. The lowest BCUT2D eigenvalue weighted by Gasteiger charge is -2.07. The predicted molar refractivity (Wildman–Crippen MR) is 45.5 cm³/mol. The van der Waals surface area contributed by atoms with Crippen LogP contribution in [0.1, 0.15) is 5.56 Å². The molecule has 0 amide bonds. The molecule has 0 heterocycles. The Morgan fingerprint density at radius 1 is 1.17 bits per heavy atom. The van der Waals surface area contributed by atoms with Gasteiger partial charge in [0.05, 0.1) is 20.8 Å². The average Bonchev–Trinajstić information content (AvgIpc) is 2.16. The minimum atomic E-state index is 0.0142. The van der Waals surface area contributed by atoms with Crippen LogP contribution in [0.3, 0.4) is 0 Å². The van der Waals surface area contributed by atoms with Crippen LogP contribution in [0.4, 0.5) is 0 Å². The van der Waals surface area contributed by atoms with Crippen molar-refractivity contribution >= 4 is 0 Å². The minimum absolute atomic E-state index is 0.0142. The zero-order valence-electron chi connectivity index (χ0n) is 7.20. The first-order valence-electron chi connectivity index (χ1n) is 3.63. The molecule has 1 rings (SSSR count). The van der Waals surface area contributed by atoms with Gasteiger partial charge >= 0.3 is 0 Å². The lowest BCUT2D eigenvalue weighted by Crippen LogP contribution is -1.92. The van der Waals surface area contributed by atoms with Gasteiger partial charge in [-0.2, -0.15) is 0 Å². The van der Waals surface area contributed by atoms with Crippen LogP contribution in [0.2, 0.25) is 0 Å². The van der Waals surface area contributed by atoms with Crippen molar-refractivity contribution in [3.05, 3.63) is 23.8 Å². The summed E-state index contributed by atoms with van der Waals surface area (Å²) in [5.41, 5.74) is 0.813. The molecule has 0 spiro atoms. The van der Waals surface area contributed by atoms with Crippen LogP contribution in [0, 0.1) is 0 Å². The summed E-state index contributed by atoms with van der Waals surface area (Å²) in [5.74, 6) is 1.32. The maximum atomic E-state index is 8.82. The van der Waals surface area contributed by atoms with Crippen LogP contribution < -0.4 is 9.47 Å². The van der Waals surface area contributed by atoms with Crippen LogP contribution in [-0.2, 0) is 6.61 Å². The molecule has 0 bridgehead atoms. The van der Waals surface area contributed by atoms with Crippen molar-refractivity contribution in [2.45, 2.75) is 6.61 Å². The smallest absolute Gasteiger partial charge is 0.161 e. The minimum Gasteiger partial charge on any atom is -0.493 e. The van der Waals surface area contributed by atoms with Crippen molar-refractivity contribution in [2.24, 2.45) is 0 Å².